The molecule has 2 aromatic rings. The monoisotopic (exact) mass is 383 g/mol. The van der Waals surface area contributed by atoms with E-state index < -0.39 is 10.0 Å². The summed E-state index contributed by atoms with van der Waals surface area (Å²) in [4.78, 5) is 12.2. The van der Waals surface area contributed by atoms with Gasteiger partial charge in [-0.25, -0.2) is 12.7 Å². The van der Waals surface area contributed by atoms with Crippen molar-refractivity contribution in [2.45, 2.75) is 24.6 Å². The van der Waals surface area contributed by atoms with Gasteiger partial charge in [0.05, 0.1) is 17.4 Å². The number of sulfonamides is 1. The number of hydrogen-bond acceptors (Lipinski definition) is 4. The molecule has 0 aliphatic carbocycles. The molecule has 1 heterocycles. The molecule has 0 aromatic heterocycles. The number of carbonyl (C=O) groups is 1. The normalized spacial score (nSPS) is 15.8. The summed E-state index contributed by atoms with van der Waals surface area (Å²) in [5.41, 5.74) is 1.77. The average molecular weight is 383 g/mol. The van der Waals surface area contributed by atoms with Crippen molar-refractivity contribution in [2.75, 3.05) is 13.1 Å². The van der Waals surface area contributed by atoms with Crippen molar-refractivity contribution in [1.29, 1.82) is 5.26 Å². The van der Waals surface area contributed by atoms with E-state index in [9.17, 15) is 13.2 Å². The molecule has 1 amide bonds. The van der Waals surface area contributed by atoms with E-state index in [4.69, 9.17) is 5.26 Å². The summed E-state index contributed by atoms with van der Waals surface area (Å²) < 4.78 is 26.7. The van der Waals surface area contributed by atoms with Crippen molar-refractivity contribution in [2.24, 2.45) is 0 Å². The minimum atomic E-state index is -3.42. The topological polar surface area (TPSA) is 90.3 Å². The van der Waals surface area contributed by atoms with Gasteiger partial charge in [0.15, 0.2) is 0 Å². The zero-order valence-electron chi connectivity index (χ0n) is 14.8. The highest BCUT2D eigenvalue weighted by molar-refractivity contribution is 7.88. The van der Waals surface area contributed by atoms with Gasteiger partial charge in [-0.3, -0.25) is 4.79 Å². The first-order valence-corrected chi connectivity index (χ1v) is 10.4. The minimum absolute atomic E-state index is 0.0286. The van der Waals surface area contributed by atoms with Gasteiger partial charge in [-0.15, -0.1) is 0 Å². The maximum atomic E-state index is 12.6. The lowest BCUT2D eigenvalue weighted by Gasteiger charge is -2.31. The predicted molar refractivity (Wildman–Crippen MR) is 102 cm³/mol. The van der Waals surface area contributed by atoms with Gasteiger partial charge in [0.25, 0.3) is 5.91 Å². The van der Waals surface area contributed by atoms with E-state index in [-0.39, 0.29) is 17.7 Å². The Morgan fingerprint density at radius 2 is 1.70 bits per heavy atom. The second-order valence-electron chi connectivity index (χ2n) is 6.58. The molecule has 2 aromatic carbocycles. The molecule has 0 spiro atoms. The number of hydrogen-bond donors (Lipinski definition) is 1. The van der Waals surface area contributed by atoms with Crippen LogP contribution in [-0.4, -0.2) is 37.8 Å². The zero-order chi connectivity index (χ0) is 19.3. The van der Waals surface area contributed by atoms with Crippen molar-refractivity contribution in [3.63, 3.8) is 0 Å². The number of carbonyl (C=O) groups excluding carboxylic acids is 1. The maximum absolute atomic E-state index is 12.6. The van der Waals surface area contributed by atoms with Crippen LogP contribution in [0.15, 0.2) is 54.6 Å². The van der Waals surface area contributed by atoms with Crippen LogP contribution in [0.3, 0.4) is 0 Å². The molecule has 6 nitrogen and oxygen atoms in total. The molecule has 7 heteroatoms. The quantitative estimate of drug-likeness (QED) is 0.858. The summed E-state index contributed by atoms with van der Waals surface area (Å²) >= 11 is 0. The maximum Gasteiger partial charge on any atom is 0.251 e. The molecular weight excluding hydrogens is 362 g/mol. The number of rotatable bonds is 5. The molecule has 1 aliphatic heterocycles. The second-order valence-corrected chi connectivity index (χ2v) is 8.55. The number of benzene rings is 2. The third-order valence-electron chi connectivity index (χ3n) is 4.65. The van der Waals surface area contributed by atoms with Gasteiger partial charge < -0.3 is 5.32 Å². The summed E-state index contributed by atoms with van der Waals surface area (Å²) in [6, 6.07) is 17.6. The average Bonchev–Trinajstić information content (AvgIpc) is 2.69. The van der Waals surface area contributed by atoms with Crippen molar-refractivity contribution in [3.8, 4) is 6.07 Å². The molecule has 3 rings (SSSR count). The van der Waals surface area contributed by atoms with Crippen LogP contribution >= 0.6 is 0 Å². The van der Waals surface area contributed by atoms with Gasteiger partial charge in [0.1, 0.15) is 0 Å². The number of nitriles is 1. The van der Waals surface area contributed by atoms with Crippen LogP contribution in [0, 0.1) is 11.3 Å². The lowest BCUT2D eigenvalue weighted by molar-refractivity contribution is 0.0924. The fraction of sp³-hybridized carbons (Fsp3) is 0.300. The highest BCUT2D eigenvalue weighted by atomic mass is 32.2. The van der Waals surface area contributed by atoms with E-state index >= 15 is 0 Å². The molecule has 0 atom stereocenters. The summed E-state index contributed by atoms with van der Waals surface area (Å²) in [5, 5.41) is 11.8. The third kappa shape index (κ3) is 4.94. The minimum Gasteiger partial charge on any atom is -0.349 e. The Morgan fingerprint density at radius 3 is 2.30 bits per heavy atom. The van der Waals surface area contributed by atoms with Gasteiger partial charge in [-0.2, -0.15) is 5.26 Å². The molecule has 1 fully saturated rings. The fourth-order valence-corrected chi connectivity index (χ4v) is 4.68. The second kappa shape index (κ2) is 8.33. The van der Waals surface area contributed by atoms with Crippen LogP contribution in [0.2, 0.25) is 0 Å². The first kappa shape index (κ1) is 19.1. The Hall–Kier alpha value is -2.69. The van der Waals surface area contributed by atoms with Gasteiger partial charge >= 0.3 is 0 Å². The number of piperidine rings is 1. The smallest absolute Gasteiger partial charge is 0.251 e. The standard InChI is InChI=1S/C20H21N3O3S/c21-14-16-6-8-17(9-7-16)15-27(25,26)23-12-10-19(11-13-23)22-20(24)18-4-2-1-3-5-18/h1-9,19H,10-13,15H2,(H,22,24). The van der Waals surface area contributed by atoms with Gasteiger partial charge in [-0.05, 0) is 42.7 Å². The Labute approximate surface area is 159 Å². The van der Waals surface area contributed by atoms with Crippen LogP contribution in [0.4, 0.5) is 0 Å². The molecule has 0 saturated carbocycles. The number of amides is 1. The van der Waals surface area contributed by atoms with E-state index in [0.29, 0.717) is 42.6 Å². The van der Waals surface area contributed by atoms with E-state index in [1.165, 1.54) is 4.31 Å². The van der Waals surface area contributed by atoms with Gasteiger partial charge in [-0.1, -0.05) is 30.3 Å². The summed E-state index contributed by atoms with van der Waals surface area (Å²) in [7, 11) is -3.42. The van der Waals surface area contributed by atoms with Crippen molar-refractivity contribution < 1.29 is 13.2 Å². The summed E-state index contributed by atoms with van der Waals surface area (Å²) in [5.74, 6) is -0.214. The molecule has 0 radical (unpaired) electrons. The largest absolute Gasteiger partial charge is 0.349 e. The summed E-state index contributed by atoms with van der Waals surface area (Å²) in [6.45, 7) is 0.775. The first-order valence-electron chi connectivity index (χ1n) is 8.81. The van der Waals surface area contributed by atoms with Gasteiger partial charge in [0.2, 0.25) is 10.0 Å². The lowest BCUT2D eigenvalue weighted by atomic mass is 10.1. The Bertz CT molecular complexity index is 927. The lowest BCUT2D eigenvalue weighted by Crippen LogP contribution is -2.46. The number of nitrogens with zero attached hydrogens (tertiary/aromatic N) is 2. The molecule has 1 aliphatic rings. The van der Waals surface area contributed by atoms with E-state index in [1.54, 1.807) is 36.4 Å². The van der Waals surface area contributed by atoms with Crippen molar-refractivity contribution >= 4 is 15.9 Å². The van der Waals surface area contributed by atoms with E-state index in [2.05, 4.69) is 5.32 Å². The highest BCUT2D eigenvalue weighted by Crippen LogP contribution is 2.18. The van der Waals surface area contributed by atoms with Crippen LogP contribution in [-0.2, 0) is 15.8 Å². The predicted octanol–water partition coefficient (Wildman–Crippen LogP) is 2.28. The van der Waals surface area contributed by atoms with Crippen molar-refractivity contribution in [1.82, 2.24) is 9.62 Å². The molecule has 140 valence electrons. The van der Waals surface area contributed by atoms with Crippen LogP contribution < -0.4 is 5.32 Å². The van der Waals surface area contributed by atoms with Crippen molar-refractivity contribution in [3.05, 3.63) is 71.3 Å². The Morgan fingerprint density at radius 1 is 1.07 bits per heavy atom. The molecule has 1 N–H and O–H groups in total. The van der Waals surface area contributed by atoms with E-state index in [1.807, 2.05) is 24.3 Å². The highest BCUT2D eigenvalue weighted by Gasteiger charge is 2.28. The molecule has 0 bridgehead atoms. The third-order valence-corrected chi connectivity index (χ3v) is 6.50. The van der Waals surface area contributed by atoms with Gasteiger partial charge in [0, 0.05) is 24.7 Å². The molecule has 0 unspecified atom stereocenters. The van der Waals surface area contributed by atoms with Crippen LogP contribution in [0.25, 0.3) is 0 Å². The first-order chi connectivity index (χ1) is 13.0. The Kier molecular flexibility index (Phi) is 5.89. The molecule has 1 saturated heterocycles. The molecular formula is C20H21N3O3S. The SMILES string of the molecule is N#Cc1ccc(CS(=O)(=O)N2CCC(NC(=O)c3ccccc3)CC2)cc1. The molecule has 27 heavy (non-hydrogen) atoms. The van der Waals surface area contributed by atoms with Crippen LogP contribution in [0.5, 0.6) is 0 Å². The van der Waals surface area contributed by atoms with Crippen LogP contribution in [0.1, 0.15) is 34.3 Å². The fourth-order valence-electron chi connectivity index (χ4n) is 3.11. The summed E-state index contributed by atoms with van der Waals surface area (Å²) in [6.07, 6.45) is 1.18. The Balaban J connectivity index is 1.54. The number of nitrogens with one attached hydrogen (secondary N) is 1. The van der Waals surface area contributed by atoms with E-state index in [0.717, 1.165) is 0 Å². The zero-order valence-corrected chi connectivity index (χ0v) is 15.7.